The molecular formula is C22H27NO11. The van der Waals surface area contributed by atoms with Crippen LogP contribution in [0.3, 0.4) is 0 Å². The Balaban J connectivity index is 2.49. The van der Waals surface area contributed by atoms with Crippen LogP contribution in [0, 0.1) is 0 Å². The van der Waals surface area contributed by atoms with Crippen molar-refractivity contribution in [2.24, 2.45) is 0 Å². The molecular weight excluding hydrogens is 454 g/mol. The Morgan fingerprint density at radius 1 is 1.00 bits per heavy atom. The zero-order chi connectivity index (χ0) is 25.4. The maximum Gasteiger partial charge on any atom is 0.339 e. The van der Waals surface area contributed by atoms with Crippen molar-refractivity contribution in [1.29, 1.82) is 0 Å². The van der Waals surface area contributed by atoms with Gasteiger partial charge in [-0.1, -0.05) is 18.2 Å². The van der Waals surface area contributed by atoms with Gasteiger partial charge in [0.25, 0.3) is 0 Å². The highest BCUT2D eigenvalue weighted by Crippen LogP contribution is 2.33. The number of aliphatic hydroxyl groups is 1. The highest BCUT2D eigenvalue weighted by molar-refractivity contribution is 5.77. The zero-order valence-electron chi connectivity index (χ0n) is 19.1. The molecule has 1 aliphatic heterocycles. The van der Waals surface area contributed by atoms with Crippen LogP contribution in [0.15, 0.2) is 24.3 Å². The molecule has 0 unspecified atom stereocenters. The molecule has 1 aromatic carbocycles. The number of esters is 4. The minimum absolute atomic E-state index is 0.0967. The predicted molar refractivity (Wildman–Crippen MR) is 115 cm³/mol. The summed E-state index contributed by atoms with van der Waals surface area (Å²) in [5.41, 5.74) is 6.88. The molecule has 1 heterocycles. The van der Waals surface area contributed by atoms with Crippen molar-refractivity contribution < 1.29 is 52.7 Å². The Bertz CT molecular complexity index is 945. The van der Waals surface area contributed by atoms with E-state index in [1.165, 1.54) is 12.1 Å². The highest BCUT2D eigenvalue weighted by atomic mass is 16.7. The number of benzene rings is 1. The van der Waals surface area contributed by atoms with Crippen molar-refractivity contribution in [3.05, 3.63) is 29.8 Å². The van der Waals surface area contributed by atoms with Crippen molar-refractivity contribution >= 4 is 35.6 Å². The van der Waals surface area contributed by atoms with E-state index in [9.17, 15) is 19.2 Å². The monoisotopic (exact) mass is 481 g/mol. The van der Waals surface area contributed by atoms with Crippen LogP contribution in [0.1, 0.15) is 26.3 Å². The molecule has 1 aromatic rings. The fourth-order valence-electron chi connectivity index (χ4n) is 3.27. The van der Waals surface area contributed by atoms with Gasteiger partial charge in [-0.3, -0.25) is 14.4 Å². The SMILES string of the molecule is COC(=O)[C@H]1O[C@@H](Oc2ccc(/C=C/CO)cc2N)[C@H](OC(C)=O)[C@@H](OC(C)=O)[C@@H]1OC(C)=O. The number of nitrogens with two attached hydrogens (primary N) is 1. The summed E-state index contributed by atoms with van der Waals surface area (Å²) in [5, 5.41) is 8.92. The molecule has 34 heavy (non-hydrogen) atoms. The van der Waals surface area contributed by atoms with E-state index in [0.29, 0.717) is 5.56 Å². The average molecular weight is 481 g/mol. The summed E-state index contributed by atoms with van der Waals surface area (Å²) in [6, 6.07) is 4.67. The van der Waals surface area contributed by atoms with Crippen molar-refractivity contribution in [3.63, 3.8) is 0 Å². The molecule has 2 rings (SSSR count). The molecule has 0 spiro atoms. The topological polar surface area (TPSA) is 170 Å². The number of nitrogen functional groups attached to an aromatic ring is 1. The number of hydrogen-bond acceptors (Lipinski definition) is 12. The third-order valence-corrected chi connectivity index (χ3v) is 4.53. The van der Waals surface area contributed by atoms with Gasteiger partial charge < -0.3 is 39.3 Å². The number of aliphatic hydroxyl groups excluding tert-OH is 1. The molecule has 12 nitrogen and oxygen atoms in total. The normalized spacial score (nSPS) is 24.2. The fourth-order valence-corrected chi connectivity index (χ4v) is 3.27. The Morgan fingerprint density at radius 3 is 2.12 bits per heavy atom. The third kappa shape index (κ3) is 6.93. The van der Waals surface area contributed by atoms with Crippen molar-refractivity contribution in [2.45, 2.75) is 51.5 Å². The van der Waals surface area contributed by atoms with E-state index in [0.717, 1.165) is 27.9 Å². The quantitative estimate of drug-likeness (QED) is 0.297. The number of carbonyl (C=O) groups is 4. The van der Waals surface area contributed by atoms with Gasteiger partial charge in [-0.25, -0.2) is 4.79 Å². The van der Waals surface area contributed by atoms with Crippen LogP contribution >= 0.6 is 0 Å². The average Bonchev–Trinajstić information content (AvgIpc) is 2.76. The number of anilines is 1. The predicted octanol–water partition coefficient (Wildman–Crippen LogP) is 0.346. The molecule has 0 aromatic heterocycles. The molecule has 0 amide bonds. The summed E-state index contributed by atoms with van der Waals surface area (Å²) >= 11 is 0. The Kier molecular flexibility index (Phi) is 9.39. The number of rotatable bonds is 8. The fraction of sp³-hybridized carbons (Fsp3) is 0.455. The largest absolute Gasteiger partial charge is 0.467 e. The molecule has 12 heteroatoms. The number of carbonyl (C=O) groups excluding carboxylic acids is 4. The summed E-state index contributed by atoms with van der Waals surface area (Å²) in [6.45, 7) is 3.11. The first-order valence-corrected chi connectivity index (χ1v) is 10.2. The second-order valence-electron chi connectivity index (χ2n) is 7.17. The highest BCUT2D eigenvalue weighted by Gasteiger charge is 2.55. The Labute approximate surface area is 195 Å². The Morgan fingerprint density at radius 2 is 1.59 bits per heavy atom. The molecule has 0 saturated carbocycles. The summed E-state index contributed by atoms with van der Waals surface area (Å²) in [4.78, 5) is 47.8. The van der Waals surface area contributed by atoms with E-state index in [4.69, 9.17) is 39.3 Å². The van der Waals surface area contributed by atoms with Crippen LogP contribution in [-0.2, 0) is 42.9 Å². The minimum atomic E-state index is -1.58. The molecule has 0 radical (unpaired) electrons. The van der Waals surface area contributed by atoms with Gasteiger partial charge >= 0.3 is 23.9 Å². The van der Waals surface area contributed by atoms with Crippen LogP contribution < -0.4 is 10.5 Å². The molecule has 186 valence electrons. The van der Waals surface area contributed by atoms with Crippen LogP contribution in [0.2, 0.25) is 0 Å². The van der Waals surface area contributed by atoms with Crippen LogP contribution in [-0.4, -0.2) is 73.4 Å². The van der Waals surface area contributed by atoms with Gasteiger partial charge in [0.15, 0.2) is 18.3 Å². The van der Waals surface area contributed by atoms with Gasteiger partial charge in [-0.15, -0.1) is 0 Å². The van der Waals surface area contributed by atoms with E-state index in [1.54, 1.807) is 18.2 Å². The summed E-state index contributed by atoms with van der Waals surface area (Å²) in [7, 11) is 1.09. The number of hydrogen-bond donors (Lipinski definition) is 2. The molecule has 1 fully saturated rings. The van der Waals surface area contributed by atoms with Gasteiger partial charge in [0.1, 0.15) is 5.75 Å². The lowest BCUT2D eigenvalue weighted by molar-refractivity contribution is -0.282. The van der Waals surface area contributed by atoms with E-state index in [-0.39, 0.29) is 18.0 Å². The van der Waals surface area contributed by atoms with Gasteiger partial charge in [0.05, 0.1) is 19.4 Å². The van der Waals surface area contributed by atoms with E-state index in [1.807, 2.05) is 0 Å². The van der Waals surface area contributed by atoms with Crippen LogP contribution in [0.4, 0.5) is 5.69 Å². The number of methoxy groups -OCH3 is 1. The van der Waals surface area contributed by atoms with E-state index >= 15 is 0 Å². The van der Waals surface area contributed by atoms with Gasteiger partial charge in [0.2, 0.25) is 12.4 Å². The first-order valence-electron chi connectivity index (χ1n) is 10.2. The van der Waals surface area contributed by atoms with E-state index in [2.05, 4.69) is 0 Å². The second-order valence-corrected chi connectivity index (χ2v) is 7.17. The smallest absolute Gasteiger partial charge is 0.339 e. The molecule has 1 saturated heterocycles. The molecule has 3 N–H and O–H groups in total. The van der Waals surface area contributed by atoms with E-state index < -0.39 is 54.6 Å². The lowest BCUT2D eigenvalue weighted by atomic mass is 9.97. The lowest BCUT2D eigenvalue weighted by Crippen LogP contribution is -2.64. The molecule has 1 aliphatic rings. The number of ether oxygens (including phenoxy) is 6. The van der Waals surface area contributed by atoms with Gasteiger partial charge in [-0.05, 0) is 17.7 Å². The third-order valence-electron chi connectivity index (χ3n) is 4.53. The Hall–Kier alpha value is -3.64. The molecule has 0 bridgehead atoms. The summed E-state index contributed by atoms with van der Waals surface area (Å²) in [6.07, 6.45) is -4.36. The standard InChI is InChI=1S/C22H27NO11/c1-11(25)30-17-18(31-12(2)26)20(32-13(3)27)22(34-19(17)21(28)29-4)33-16-8-7-14(6-5-9-24)10-15(16)23/h5-8,10,17-20,22,24H,9,23H2,1-4H3/b6-5+/t17-,18-,19-,20+,22+/m0/s1. The molecule has 5 atom stereocenters. The first kappa shape index (κ1) is 26.6. The first-order chi connectivity index (χ1) is 16.1. The maximum absolute atomic E-state index is 12.4. The van der Waals surface area contributed by atoms with Crippen molar-refractivity contribution in [3.8, 4) is 5.75 Å². The second kappa shape index (κ2) is 12.0. The zero-order valence-corrected chi connectivity index (χ0v) is 19.1. The maximum atomic E-state index is 12.4. The van der Waals surface area contributed by atoms with Crippen molar-refractivity contribution in [2.75, 3.05) is 19.5 Å². The van der Waals surface area contributed by atoms with Crippen LogP contribution in [0.5, 0.6) is 5.75 Å². The summed E-state index contributed by atoms with van der Waals surface area (Å²) < 4.78 is 32.0. The molecule has 0 aliphatic carbocycles. The van der Waals surface area contributed by atoms with Crippen molar-refractivity contribution in [1.82, 2.24) is 0 Å². The lowest BCUT2D eigenvalue weighted by Gasteiger charge is -2.43. The van der Waals surface area contributed by atoms with Gasteiger partial charge in [0, 0.05) is 20.8 Å². The van der Waals surface area contributed by atoms with Crippen LogP contribution in [0.25, 0.3) is 6.08 Å². The van der Waals surface area contributed by atoms with Gasteiger partial charge in [-0.2, -0.15) is 0 Å². The minimum Gasteiger partial charge on any atom is -0.467 e. The summed E-state index contributed by atoms with van der Waals surface area (Å²) in [5.74, 6) is -3.25.